The van der Waals surface area contributed by atoms with E-state index in [-0.39, 0.29) is 12.1 Å². The second kappa shape index (κ2) is 5.08. The first kappa shape index (κ1) is 12.9. The summed E-state index contributed by atoms with van der Waals surface area (Å²) in [6, 6.07) is 1.87. The van der Waals surface area contributed by atoms with E-state index in [0.29, 0.717) is 18.1 Å². The standard InChI is InChI=1S/C14H26N2O2/c1-16(13-5-7-18-9-13)12-4-6-14(8-12,10-17)15-11-2-3-11/h11-13,15,17H,2-10H2,1H3. The van der Waals surface area contributed by atoms with E-state index < -0.39 is 0 Å². The number of aliphatic hydroxyl groups is 1. The van der Waals surface area contributed by atoms with Gasteiger partial charge < -0.3 is 15.2 Å². The van der Waals surface area contributed by atoms with Crippen LogP contribution in [0.25, 0.3) is 0 Å². The Morgan fingerprint density at radius 2 is 2.11 bits per heavy atom. The number of ether oxygens (including phenoxy) is 1. The third-order valence-corrected chi connectivity index (χ3v) is 5.03. The van der Waals surface area contributed by atoms with Gasteiger partial charge in [-0.15, -0.1) is 0 Å². The van der Waals surface area contributed by atoms with Gasteiger partial charge in [-0.25, -0.2) is 0 Å². The minimum absolute atomic E-state index is 0.000442. The Bertz CT molecular complexity index is 290. The maximum absolute atomic E-state index is 9.75. The van der Waals surface area contributed by atoms with Crippen LogP contribution in [0, 0.1) is 0 Å². The molecule has 2 N–H and O–H groups in total. The molecule has 0 bridgehead atoms. The minimum atomic E-state index is -0.000442. The Morgan fingerprint density at radius 3 is 2.72 bits per heavy atom. The molecule has 18 heavy (non-hydrogen) atoms. The van der Waals surface area contributed by atoms with Crippen LogP contribution in [0.2, 0.25) is 0 Å². The van der Waals surface area contributed by atoms with Crippen LogP contribution >= 0.6 is 0 Å². The summed E-state index contributed by atoms with van der Waals surface area (Å²) < 4.78 is 5.48. The fourth-order valence-electron chi connectivity index (χ4n) is 3.57. The van der Waals surface area contributed by atoms with Crippen molar-refractivity contribution in [3.05, 3.63) is 0 Å². The van der Waals surface area contributed by atoms with Gasteiger partial charge in [0, 0.05) is 30.3 Å². The average molecular weight is 254 g/mol. The summed E-state index contributed by atoms with van der Waals surface area (Å²) in [5.41, 5.74) is -0.000442. The van der Waals surface area contributed by atoms with Crippen LogP contribution in [0.5, 0.6) is 0 Å². The lowest BCUT2D eigenvalue weighted by atomic mass is 9.98. The van der Waals surface area contributed by atoms with Gasteiger partial charge in [0.1, 0.15) is 0 Å². The van der Waals surface area contributed by atoms with Gasteiger partial charge in [-0.3, -0.25) is 4.90 Å². The lowest BCUT2D eigenvalue weighted by Crippen LogP contribution is -2.49. The van der Waals surface area contributed by atoms with E-state index >= 15 is 0 Å². The van der Waals surface area contributed by atoms with Crippen LogP contribution in [0.3, 0.4) is 0 Å². The van der Waals surface area contributed by atoms with E-state index in [4.69, 9.17) is 4.74 Å². The summed E-state index contributed by atoms with van der Waals surface area (Å²) in [4.78, 5) is 2.50. The molecule has 0 aromatic heterocycles. The molecule has 2 saturated carbocycles. The molecule has 3 rings (SSSR count). The lowest BCUT2D eigenvalue weighted by Gasteiger charge is -2.33. The number of nitrogens with zero attached hydrogens (tertiary/aromatic N) is 1. The molecule has 4 heteroatoms. The van der Waals surface area contributed by atoms with Crippen LogP contribution in [0.15, 0.2) is 0 Å². The quantitative estimate of drug-likeness (QED) is 0.760. The minimum Gasteiger partial charge on any atom is -0.394 e. The van der Waals surface area contributed by atoms with Gasteiger partial charge in [0.2, 0.25) is 0 Å². The zero-order valence-electron chi connectivity index (χ0n) is 11.4. The highest BCUT2D eigenvalue weighted by Gasteiger charge is 2.44. The highest BCUT2D eigenvalue weighted by atomic mass is 16.5. The van der Waals surface area contributed by atoms with Crippen molar-refractivity contribution in [2.75, 3.05) is 26.9 Å². The molecule has 0 spiro atoms. The van der Waals surface area contributed by atoms with Gasteiger partial charge in [0.15, 0.2) is 0 Å². The molecule has 2 aliphatic carbocycles. The molecular weight excluding hydrogens is 228 g/mol. The third kappa shape index (κ3) is 2.57. The predicted molar refractivity (Wildman–Crippen MR) is 70.6 cm³/mol. The third-order valence-electron chi connectivity index (χ3n) is 5.03. The molecule has 0 amide bonds. The van der Waals surface area contributed by atoms with E-state index in [2.05, 4.69) is 17.3 Å². The zero-order valence-corrected chi connectivity index (χ0v) is 11.4. The molecule has 1 heterocycles. The summed E-state index contributed by atoms with van der Waals surface area (Å²) in [5, 5.41) is 13.4. The summed E-state index contributed by atoms with van der Waals surface area (Å²) >= 11 is 0. The Hall–Kier alpha value is -0.160. The van der Waals surface area contributed by atoms with Crippen LogP contribution < -0.4 is 5.32 Å². The topological polar surface area (TPSA) is 44.7 Å². The molecule has 0 radical (unpaired) electrons. The number of rotatable bonds is 5. The van der Waals surface area contributed by atoms with Crippen molar-refractivity contribution in [3.63, 3.8) is 0 Å². The molecular formula is C14H26N2O2. The first-order chi connectivity index (χ1) is 8.72. The maximum atomic E-state index is 9.75. The maximum Gasteiger partial charge on any atom is 0.0622 e. The highest BCUT2D eigenvalue weighted by molar-refractivity contribution is 5.03. The van der Waals surface area contributed by atoms with E-state index in [0.717, 1.165) is 32.5 Å². The highest BCUT2D eigenvalue weighted by Crippen LogP contribution is 2.36. The van der Waals surface area contributed by atoms with E-state index in [1.165, 1.54) is 19.3 Å². The predicted octanol–water partition coefficient (Wildman–Crippen LogP) is 0.743. The molecule has 104 valence electrons. The van der Waals surface area contributed by atoms with E-state index in [1.807, 2.05) is 0 Å². The summed E-state index contributed by atoms with van der Waals surface area (Å²) in [5.74, 6) is 0. The smallest absolute Gasteiger partial charge is 0.0622 e. The fourth-order valence-corrected chi connectivity index (χ4v) is 3.57. The fraction of sp³-hybridized carbons (Fsp3) is 1.00. The van der Waals surface area contributed by atoms with Crippen LogP contribution in [-0.4, -0.2) is 60.5 Å². The summed E-state index contributed by atoms with van der Waals surface area (Å²) in [7, 11) is 2.23. The molecule has 1 aliphatic heterocycles. The van der Waals surface area contributed by atoms with Crippen molar-refractivity contribution in [1.82, 2.24) is 10.2 Å². The first-order valence-corrected chi connectivity index (χ1v) is 7.41. The number of hydrogen-bond donors (Lipinski definition) is 2. The second-order valence-electron chi connectivity index (χ2n) is 6.44. The van der Waals surface area contributed by atoms with Gasteiger partial charge in [0.25, 0.3) is 0 Å². The van der Waals surface area contributed by atoms with Crippen molar-refractivity contribution in [3.8, 4) is 0 Å². The molecule has 3 atom stereocenters. The Labute approximate surface area is 110 Å². The van der Waals surface area contributed by atoms with Crippen LogP contribution in [0.4, 0.5) is 0 Å². The van der Waals surface area contributed by atoms with Crippen LogP contribution in [0.1, 0.15) is 38.5 Å². The molecule has 0 aromatic rings. The average Bonchev–Trinajstić information content (AvgIpc) is 2.90. The van der Waals surface area contributed by atoms with Crippen molar-refractivity contribution >= 4 is 0 Å². The molecule has 4 nitrogen and oxygen atoms in total. The number of likely N-dealkylation sites (N-methyl/N-ethyl adjacent to an activating group) is 1. The van der Waals surface area contributed by atoms with Gasteiger partial charge in [0.05, 0.1) is 13.2 Å². The number of aliphatic hydroxyl groups excluding tert-OH is 1. The van der Waals surface area contributed by atoms with E-state index in [9.17, 15) is 5.11 Å². The van der Waals surface area contributed by atoms with Crippen molar-refractivity contribution in [1.29, 1.82) is 0 Å². The Morgan fingerprint density at radius 1 is 1.28 bits per heavy atom. The number of hydrogen-bond acceptors (Lipinski definition) is 4. The molecule has 3 unspecified atom stereocenters. The lowest BCUT2D eigenvalue weighted by molar-refractivity contribution is 0.117. The SMILES string of the molecule is CN(C1CCOC1)C1CCC(CO)(NC2CC2)C1. The Balaban J connectivity index is 1.58. The largest absolute Gasteiger partial charge is 0.394 e. The van der Waals surface area contributed by atoms with Crippen molar-refractivity contribution < 1.29 is 9.84 Å². The monoisotopic (exact) mass is 254 g/mol. The van der Waals surface area contributed by atoms with Crippen LogP contribution in [-0.2, 0) is 4.74 Å². The van der Waals surface area contributed by atoms with Crippen molar-refractivity contribution in [2.45, 2.75) is 62.2 Å². The zero-order chi connectivity index (χ0) is 12.6. The first-order valence-electron chi connectivity index (χ1n) is 7.41. The van der Waals surface area contributed by atoms with Gasteiger partial charge in [-0.05, 0) is 45.6 Å². The van der Waals surface area contributed by atoms with Gasteiger partial charge in [-0.1, -0.05) is 0 Å². The van der Waals surface area contributed by atoms with Gasteiger partial charge in [-0.2, -0.15) is 0 Å². The Kier molecular flexibility index (Phi) is 3.63. The molecule has 1 saturated heterocycles. The molecule has 3 aliphatic rings. The molecule has 3 fully saturated rings. The van der Waals surface area contributed by atoms with Gasteiger partial charge >= 0.3 is 0 Å². The van der Waals surface area contributed by atoms with Crippen molar-refractivity contribution in [2.24, 2.45) is 0 Å². The summed E-state index contributed by atoms with van der Waals surface area (Å²) in [6.45, 7) is 2.08. The second-order valence-corrected chi connectivity index (χ2v) is 6.44. The normalized spacial score (nSPS) is 40.8. The number of nitrogens with one attached hydrogen (secondary N) is 1. The molecule has 0 aromatic carbocycles. The van der Waals surface area contributed by atoms with E-state index in [1.54, 1.807) is 0 Å². The summed E-state index contributed by atoms with van der Waals surface area (Å²) in [6.07, 6.45) is 7.15.